The molecule has 0 saturated carbocycles. The minimum atomic E-state index is -0.250. The first-order chi connectivity index (χ1) is 8.11. The van der Waals surface area contributed by atoms with Crippen molar-refractivity contribution in [2.24, 2.45) is 0 Å². The number of hydrogen-bond donors (Lipinski definition) is 1. The number of benzene rings is 1. The van der Waals surface area contributed by atoms with Crippen molar-refractivity contribution >= 4 is 0 Å². The summed E-state index contributed by atoms with van der Waals surface area (Å²) in [6, 6.07) is 4.81. The second-order valence-corrected chi connectivity index (χ2v) is 4.33. The molecule has 0 saturated heterocycles. The van der Waals surface area contributed by atoms with Gasteiger partial charge in [-0.3, -0.25) is 0 Å². The summed E-state index contributed by atoms with van der Waals surface area (Å²) < 4.78 is 18.8. The standard InChI is InChI=1S/C13H21FN2O/c1-15-10-11-7-12(14)9-13(8-11)17-6-4-5-16(2)3/h7-9,15H,4-6,10H2,1-3H3. The van der Waals surface area contributed by atoms with Crippen LogP contribution in [0, 0.1) is 5.82 Å². The molecule has 96 valence electrons. The van der Waals surface area contributed by atoms with Gasteiger partial charge in [-0.15, -0.1) is 0 Å². The Morgan fingerprint density at radius 2 is 2.06 bits per heavy atom. The molecule has 0 unspecified atom stereocenters. The lowest BCUT2D eigenvalue weighted by Crippen LogP contribution is -2.15. The van der Waals surface area contributed by atoms with Crippen molar-refractivity contribution in [1.82, 2.24) is 10.2 Å². The number of nitrogens with zero attached hydrogens (tertiary/aromatic N) is 1. The van der Waals surface area contributed by atoms with E-state index in [1.54, 1.807) is 0 Å². The zero-order chi connectivity index (χ0) is 12.7. The van der Waals surface area contributed by atoms with Crippen molar-refractivity contribution in [2.45, 2.75) is 13.0 Å². The molecule has 0 aliphatic rings. The minimum absolute atomic E-state index is 0.250. The highest BCUT2D eigenvalue weighted by molar-refractivity contribution is 5.29. The van der Waals surface area contributed by atoms with Crippen LogP contribution in [-0.2, 0) is 6.54 Å². The third-order valence-electron chi connectivity index (χ3n) is 2.33. The smallest absolute Gasteiger partial charge is 0.127 e. The van der Waals surface area contributed by atoms with Gasteiger partial charge in [0, 0.05) is 19.2 Å². The second kappa shape index (κ2) is 7.25. The Morgan fingerprint density at radius 3 is 2.71 bits per heavy atom. The van der Waals surface area contributed by atoms with E-state index in [1.165, 1.54) is 12.1 Å². The molecule has 0 atom stereocenters. The van der Waals surface area contributed by atoms with E-state index in [0.717, 1.165) is 18.5 Å². The third kappa shape index (κ3) is 5.65. The molecule has 0 radical (unpaired) electrons. The number of ether oxygens (including phenoxy) is 1. The van der Waals surface area contributed by atoms with Crippen LogP contribution in [0.3, 0.4) is 0 Å². The third-order valence-corrected chi connectivity index (χ3v) is 2.33. The van der Waals surface area contributed by atoms with Gasteiger partial charge in [-0.2, -0.15) is 0 Å². The summed E-state index contributed by atoms with van der Waals surface area (Å²) in [5.74, 6) is 0.356. The lowest BCUT2D eigenvalue weighted by molar-refractivity contribution is 0.280. The van der Waals surface area contributed by atoms with Gasteiger partial charge in [-0.25, -0.2) is 4.39 Å². The van der Waals surface area contributed by atoms with E-state index in [0.29, 0.717) is 18.9 Å². The van der Waals surface area contributed by atoms with Crippen LogP contribution in [0.25, 0.3) is 0 Å². The number of rotatable bonds is 7. The Kier molecular flexibility index (Phi) is 5.94. The molecular weight excluding hydrogens is 219 g/mol. The van der Waals surface area contributed by atoms with Gasteiger partial charge in [0.2, 0.25) is 0 Å². The van der Waals surface area contributed by atoms with Gasteiger partial charge in [-0.1, -0.05) is 0 Å². The Balaban J connectivity index is 2.46. The highest BCUT2D eigenvalue weighted by atomic mass is 19.1. The first kappa shape index (κ1) is 13.9. The van der Waals surface area contributed by atoms with Crippen LogP contribution >= 0.6 is 0 Å². The molecule has 0 bridgehead atoms. The fourth-order valence-corrected chi connectivity index (χ4v) is 1.58. The average Bonchev–Trinajstić information content (AvgIpc) is 2.24. The van der Waals surface area contributed by atoms with Crippen LogP contribution in [0.1, 0.15) is 12.0 Å². The van der Waals surface area contributed by atoms with Gasteiger partial charge in [0.1, 0.15) is 11.6 Å². The maximum atomic E-state index is 13.3. The normalized spacial score (nSPS) is 10.9. The molecular formula is C13H21FN2O. The van der Waals surface area contributed by atoms with E-state index in [4.69, 9.17) is 4.74 Å². The van der Waals surface area contributed by atoms with Crippen molar-refractivity contribution < 1.29 is 9.13 Å². The van der Waals surface area contributed by atoms with Crippen molar-refractivity contribution in [3.05, 3.63) is 29.6 Å². The Bertz CT molecular complexity index is 342. The maximum Gasteiger partial charge on any atom is 0.127 e. The molecule has 0 spiro atoms. The molecule has 0 aliphatic heterocycles. The fraction of sp³-hybridized carbons (Fsp3) is 0.538. The molecule has 4 heteroatoms. The molecule has 0 aliphatic carbocycles. The van der Waals surface area contributed by atoms with Gasteiger partial charge in [-0.05, 0) is 45.3 Å². The molecule has 0 aromatic heterocycles. The van der Waals surface area contributed by atoms with Gasteiger partial charge in [0.05, 0.1) is 6.61 Å². The number of hydrogen-bond acceptors (Lipinski definition) is 3. The molecule has 1 aromatic carbocycles. The summed E-state index contributed by atoms with van der Waals surface area (Å²) in [5.41, 5.74) is 0.898. The summed E-state index contributed by atoms with van der Waals surface area (Å²) in [6.45, 7) is 2.23. The van der Waals surface area contributed by atoms with Gasteiger partial charge < -0.3 is 15.0 Å². The molecule has 0 amide bonds. The predicted molar refractivity (Wildman–Crippen MR) is 67.8 cm³/mol. The Morgan fingerprint density at radius 1 is 1.29 bits per heavy atom. The van der Waals surface area contributed by atoms with Gasteiger partial charge >= 0.3 is 0 Å². The second-order valence-electron chi connectivity index (χ2n) is 4.33. The summed E-state index contributed by atoms with van der Waals surface area (Å²) in [5, 5.41) is 2.99. The monoisotopic (exact) mass is 240 g/mol. The number of nitrogens with one attached hydrogen (secondary N) is 1. The molecule has 0 heterocycles. The lowest BCUT2D eigenvalue weighted by atomic mass is 10.2. The largest absolute Gasteiger partial charge is 0.493 e. The van der Waals surface area contributed by atoms with Crippen LogP contribution in [0.15, 0.2) is 18.2 Å². The Labute approximate surface area is 103 Å². The first-order valence-corrected chi connectivity index (χ1v) is 5.83. The molecule has 1 aromatic rings. The van der Waals surface area contributed by atoms with E-state index in [1.807, 2.05) is 27.2 Å². The summed E-state index contributed by atoms with van der Waals surface area (Å²) >= 11 is 0. The lowest BCUT2D eigenvalue weighted by Gasteiger charge is -2.11. The van der Waals surface area contributed by atoms with Crippen LogP contribution < -0.4 is 10.1 Å². The SMILES string of the molecule is CNCc1cc(F)cc(OCCCN(C)C)c1. The van der Waals surface area contributed by atoms with Crippen molar-refractivity contribution in [3.8, 4) is 5.75 Å². The topological polar surface area (TPSA) is 24.5 Å². The van der Waals surface area contributed by atoms with E-state index in [9.17, 15) is 4.39 Å². The van der Waals surface area contributed by atoms with Crippen molar-refractivity contribution in [3.63, 3.8) is 0 Å². The molecule has 17 heavy (non-hydrogen) atoms. The van der Waals surface area contributed by atoms with Crippen molar-refractivity contribution in [1.29, 1.82) is 0 Å². The van der Waals surface area contributed by atoms with E-state index in [2.05, 4.69) is 10.2 Å². The molecule has 0 fully saturated rings. The number of halogens is 1. The van der Waals surface area contributed by atoms with Crippen LogP contribution in [-0.4, -0.2) is 39.2 Å². The van der Waals surface area contributed by atoms with Gasteiger partial charge in [0.25, 0.3) is 0 Å². The zero-order valence-electron chi connectivity index (χ0n) is 10.8. The zero-order valence-corrected chi connectivity index (χ0v) is 10.8. The summed E-state index contributed by atoms with van der Waals surface area (Å²) in [7, 11) is 5.88. The van der Waals surface area contributed by atoms with Gasteiger partial charge in [0.15, 0.2) is 0 Å². The highest BCUT2D eigenvalue weighted by Gasteiger charge is 2.01. The molecule has 1 N–H and O–H groups in total. The highest BCUT2D eigenvalue weighted by Crippen LogP contribution is 2.16. The summed E-state index contributed by atoms with van der Waals surface area (Å²) in [4.78, 5) is 2.10. The van der Waals surface area contributed by atoms with Crippen LogP contribution in [0.5, 0.6) is 5.75 Å². The maximum absolute atomic E-state index is 13.3. The molecule has 1 rings (SSSR count). The van der Waals surface area contributed by atoms with Crippen molar-refractivity contribution in [2.75, 3.05) is 34.3 Å². The fourth-order valence-electron chi connectivity index (χ4n) is 1.58. The van der Waals surface area contributed by atoms with Crippen LogP contribution in [0.2, 0.25) is 0 Å². The van der Waals surface area contributed by atoms with Crippen LogP contribution in [0.4, 0.5) is 4.39 Å². The summed E-state index contributed by atoms with van der Waals surface area (Å²) in [6.07, 6.45) is 0.935. The predicted octanol–water partition coefficient (Wildman–Crippen LogP) is 1.88. The quantitative estimate of drug-likeness (QED) is 0.736. The first-order valence-electron chi connectivity index (χ1n) is 5.83. The van der Waals surface area contributed by atoms with E-state index in [-0.39, 0.29) is 5.82 Å². The Hall–Kier alpha value is -1.13. The molecule has 3 nitrogen and oxygen atoms in total. The minimum Gasteiger partial charge on any atom is -0.493 e. The van der Waals surface area contributed by atoms with E-state index < -0.39 is 0 Å². The van der Waals surface area contributed by atoms with E-state index >= 15 is 0 Å². The average molecular weight is 240 g/mol.